The third kappa shape index (κ3) is 8.35. The van der Waals surface area contributed by atoms with Gasteiger partial charge in [0.1, 0.15) is 18.2 Å². The second-order valence-electron chi connectivity index (χ2n) is 5.15. The van der Waals surface area contributed by atoms with Crippen molar-refractivity contribution in [2.75, 3.05) is 11.9 Å². The normalized spacial score (nSPS) is 11.2. The first-order valence-corrected chi connectivity index (χ1v) is 9.29. The Morgan fingerprint density at radius 2 is 1.76 bits per heavy atom. The van der Waals surface area contributed by atoms with Crippen molar-refractivity contribution in [1.82, 2.24) is 0 Å². The number of alkyl halides is 3. The van der Waals surface area contributed by atoms with Gasteiger partial charge in [-0.1, -0.05) is 30.3 Å². The molecule has 7 nitrogen and oxygen atoms in total. The predicted molar refractivity (Wildman–Crippen MR) is 94.9 cm³/mol. The molecular weight excluding hydrogens is 422 g/mol. The van der Waals surface area contributed by atoms with Gasteiger partial charge < -0.3 is 9.84 Å². The Labute approximate surface area is 164 Å². The van der Waals surface area contributed by atoms with E-state index in [9.17, 15) is 35.9 Å². The van der Waals surface area contributed by atoms with Crippen molar-refractivity contribution in [3.63, 3.8) is 0 Å². The smallest absolute Gasteiger partial charge is 0.506 e. The summed E-state index contributed by atoms with van der Waals surface area (Å²) in [5, 5.41) is 11.7. The van der Waals surface area contributed by atoms with E-state index in [-0.39, 0.29) is 18.0 Å². The fourth-order valence-electron chi connectivity index (χ4n) is 1.70. The first-order valence-electron chi connectivity index (χ1n) is 7.88. The number of amides is 1. The summed E-state index contributed by atoms with van der Waals surface area (Å²) >= 11 is 0. The number of halogens is 4. The Balaban J connectivity index is 0.000000359. The van der Waals surface area contributed by atoms with Gasteiger partial charge in [-0.05, 0) is 24.6 Å². The molecule has 0 atom stereocenters. The van der Waals surface area contributed by atoms with E-state index in [1.54, 1.807) is 0 Å². The average molecular weight is 439 g/mol. The fourth-order valence-corrected chi connectivity index (χ4v) is 2.15. The average Bonchev–Trinajstić information content (AvgIpc) is 2.63. The molecule has 0 aliphatic carbocycles. The van der Waals surface area contributed by atoms with Gasteiger partial charge in [0.25, 0.3) is 0 Å². The van der Waals surface area contributed by atoms with Crippen molar-refractivity contribution in [2.45, 2.75) is 19.0 Å². The van der Waals surface area contributed by atoms with Crippen molar-refractivity contribution in [1.29, 1.82) is 0 Å². The van der Waals surface area contributed by atoms with Crippen LogP contribution in [0.2, 0.25) is 0 Å². The molecule has 0 saturated carbocycles. The van der Waals surface area contributed by atoms with Crippen molar-refractivity contribution in [2.24, 2.45) is 0 Å². The van der Waals surface area contributed by atoms with Crippen LogP contribution in [0.1, 0.15) is 12.5 Å². The summed E-state index contributed by atoms with van der Waals surface area (Å²) < 4.78 is 74.9. The number of anilines is 1. The van der Waals surface area contributed by atoms with E-state index in [2.05, 4.69) is 9.50 Å². The van der Waals surface area contributed by atoms with Crippen LogP contribution in [0.15, 0.2) is 48.5 Å². The molecule has 0 bridgehead atoms. The first-order chi connectivity index (χ1) is 13.5. The van der Waals surface area contributed by atoms with E-state index in [1.165, 1.54) is 6.07 Å². The Morgan fingerprint density at radius 3 is 2.24 bits per heavy atom. The lowest BCUT2D eigenvalue weighted by Gasteiger charge is -2.08. The van der Waals surface area contributed by atoms with E-state index in [0.29, 0.717) is 0 Å². The molecular formula is C17H17F4NO6S. The number of carbonyl (C=O) groups excluding carboxylic acids is 1. The van der Waals surface area contributed by atoms with Crippen molar-refractivity contribution in [3.8, 4) is 5.75 Å². The second kappa shape index (κ2) is 10.6. The van der Waals surface area contributed by atoms with E-state index in [0.717, 1.165) is 24.6 Å². The quantitative estimate of drug-likeness (QED) is 0.314. The van der Waals surface area contributed by atoms with E-state index in [1.807, 2.05) is 30.3 Å². The van der Waals surface area contributed by atoms with Crippen LogP contribution in [0.4, 0.5) is 28.0 Å². The number of nitrogens with one attached hydrogen (secondary N) is 1. The number of phenolic OH excluding ortho intramolecular Hbond substituents is 1. The minimum Gasteiger partial charge on any atom is -0.506 e. The van der Waals surface area contributed by atoms with Crippen LogP contribution < -0.4 is 5.32 Å². The van der Waals surface area contributed by atoms with Gasteiger partial charge in [-0.2, -0.15) is 21.6 Å². The van der Waals surface area contributed by atoms with Crippen LogP contribution in [0.25, 0.3) is 0 Å². The zero-order chi connectivity index (χ0) is 22.1. The van der Waals surface area contributed by atoms with Gasteiger partial charge in [0, 0.05) is 6.07 Å². The highest BCUT2D eigenvalue weighted by molar-refractivity contribution is 7.87. The zero-order valence-electron chi connectivity index (χ0n) is 14.9. The minimum atomic E-state index is -5.35. The third-order valence-electron chi connectivity index (χ3n) is 2.97. The standard InChI is InChI=1S/C14H12FNO3.C3H5F3O3S/c15-11-6-7-12(13(17)8-11)16-14(18)19-9-10-4-2-1-3-5-10;1-2-9-10(7,8)3(4,5)6/h1-8,17H,9H2,(H,16,18);2H2,1H3. The first kappa shape index (κ1) is 24.2. The number of benzene rings is 2. The van der Waals surface area contributed by atoms with Crippen LogP contribution in [0.5, 0.6) is 5.75 Å². The van der Waals surface area contributed by atoms with Crippen LogP contribution in [0, 0.1) is 5.82 Å². The number of ether oxygens (including phenoxy) is 1. The molecule has 0 heterocycles. The summed E-state index contributed by atoms with van der Waals surface area (Å²) in [6.45, 7) is 0.764. The van der Waals surface area contributed by atoms with Gasteiger partial charge in [-0.15, -0.1) is 0 Å². The molecule has 2 aromatic rings. The van der Waals surface area contributed by atoms with Crippen LogP contribution in [-0.2, 0) is 25.6 Å². The van der Waals surface area contributed by atoms with Gasteiger partial charge in [0.15, 0.2) is 0 Å². The minimum absolute atomic E-state index is 0.0967. The largest absolute Gasteiger partial charge is 0.523 e. The molecule has 2 N–H and O–H groups in total. The molecule has 29 heavy (non-hydrogen) atoms. The second-order valence-corrected chi connectivity index (χ2v) is 6.76. The molecule has 0 aliphatic rings. The number of hydrogen-bond acceptors (Lipinski definition) is 6. The van der Waals surface area contributed by atoms with Crippen LogP contribution in [0.3, 0.4) is 0 Å². The maximum absolute atomic E-state index is 12.8. The fraction of sp³-hybridized carbons (Fsp3) is 0.235. The number of carbonyl (C=O) groups is 1. The van der Waals surface area contributed by atoms with Crippen molar-refractivity contribution in [3.05, 3.63) is 59.9 Å². The highest BCUT2D eigenvalue weighted by Crippen LogP contribution is 2.24. The van der Waals surface area contributed by atoms with Gasteiger partial charge in [-0.3, -0.25) is 9.50 Å². The van der Waals surface area contributed by atoms with Crippen LogP contribution in [-0.4, -0.2) is 31.7 Å². The lowest BCUT2D eigenvalue weighted by molar-refractivity contribution is -0.0539. The summed E-state index contributed by atoms with van der Waals surface area (Å²) in [6, 6.07) is 12.5. The van der Waals surface area contributed by atoms with Gasteiger partial charge in [0.05, 0.1) is 12.3 Å². The van der Waals surface area contributed by atoms with Crippen molar-refractivity contribution < 1.29 is 44.8 Å². The van der Waals surface area contributed by atoms with Crippen LogP contribution >= 0.6 is 0 Å². The monoisotopic (exact) mass is 439 g/mol. The number of hydrogen-bond donors (Lipinski definition) is 2. The summed E-state index contributed by atoms with van der Waals surface area (Å²) in [5.41, 5.74) is -4.36. The lowest BCUT2D eigenvalue weighted by Crippen LogP contribution is -2.25. The molecule has 0 saturated heterocycles. The summed E-state index contributed by atoms with van der Waals surface area (Å²) in [5.74, 6) is -0.933. The summed E-state index contributed by atoms with van der Waals surface area (Å²) in [4.78, 5) is 11.5. The van der Waals surface area contributed by atoms with Crippen molar-refractivity contribution >= 4 is 21.9 Å². The Kier molecular flexibility index (Phi) is 8.85. The predicted octanol–water partition coefficient (Wildman–Crippen LogP) is 4.15. The highest BCUT2D eigenvalue weighted by Gasteiger charge is 2.46. The molecule has 0 fully saturated rings. The molecule has 0 radical (unpaired) electrons. The number of aromatic hydroxyl groups is 1. The zero-order valence-corrected chi connectivity index (χ0v) is 15.8. The maximum Gasteiger partial charge on any atom is 0.523 e. The molecule has 2 rings (SSSR count). The van der Waals surface area contributed by atoms with E-state index < -0.39 is 34.1 Å². The molecule has 0 spiro atoms. The van der Waals surface area contributed by atoms with Gasteiger partial charge in [-0.25, -0.2) is 9.18 Å². The highest BCUT2D eigenvalue weighted by atomic mass is 32.2. The maximum atomic E-state index is 12.8. The molecule has 2 aromatic carbocycles. The topological polar surface area (TPSA) is 102 Å². The number of phenols is 1. The van der Waals surface area contributed by atoms with E-state index >= 15 is 0 Å². The van der Waals surface area contributed by atoms with E-state index in [4.69, 9.17) is 4.74 Å². The molecule has 0 aliphatic heterocycles. The lowest BCUT2D eigenvalue weighted by atomic mass is 10.2. The Morgan fingerprint density at radius 1 is 1.14 bits per heavy atom. The SMILES string of the molecule is CCOS(=O)(=O)C(F)(F)F.O=C(Nc1ccc(F)cc1O)OCc1ccccc1. The molecule has 0 unspecified atom stereocenters. The molecule has 1 amide bonds. The van der Waals surface area contributed by atoms with Gasteiger partial charge >= 0.3 is 21.7 Å². The Hall–Kier alpha value is -2.86. The molecule has 160 valence electrons. The van der Waals surface area contributed by atoms with Gasteiger partial charge in [0.2, 0.25) is 0 Å². The molecule has 0 aromatic heterocycles. The summed E-state index contributed by atoms with van der Waals surface area (Å²) in [6.07, 6.45) is -0.717. The Bertz CT molecular complexity index is 904. The number of rotatable bonds is 5. The summed E-state index contributed by atoms with van der Waals surface area (Å²) in [7, 11) is -5.35. The third-order valence-corrected chi connectivity index (χ3v) is 4.08. The molecule has 12 heteroatoms.